The van der Waals surface area contributed by atoms with Gasteiger partial charge in [0.2, 0.25) is 0 Å². The Morgan fingerprint density at radius 3 is 2.25 bits per heavy atom. The van der Waals surface area contributed by atoms with Gasteiger partial charge in [-0.3, -0.25) is 0 Å². The lowest BCUT2D eigenvalue weighted by Crippen LogP contribution is -2.27. The molecule has 0 heterocycles. The van der Waals surface area contributed by atoms with E-state index in [4.69, 9.17) is 0 Å². The van der Waals surface area contributed by atoms with E-state index in [-0.39, 0.29) is 5.82 Å². The molecular weight excluding hydrogens is 201 g/mol. The van der Waals surface area contributed by atoms with Gasteiger partial charge in [0, 0.05) is 12.6 Å². The van der Waals surface area contributed by atoms with Gasteiger partial charge in [-0.15, -0.1) is 0 Å². The monoisotopic (exact) mass is 221 g/mol. The maximum absolute atomic E-state index is 12.7. The Bertz CT molecular complexity index is 299. The molecule has 0 aliphatic heterocycles. The van der Waals surface area contributed by atoms with Crippen LogP contribution in [0.4, 0.5) is 4.39 Å². The van der Waals surface area contributed by atoms with Crippen molar-refractivity contribution in [3.63, 3.8) is 0 Å². The van der Waals surface area contributed by atoms with Gasteiger partial charge >= 0.3 is 0 Å². The summed E-state index contributed by atoms with van der Waals surface area (Å²) in [4.78, 5) is 0. The van der Waals surface area contributed by atoms with Crippen molar-refractivity contribution in [2.24, 2.45) is 0 Å². The predicted molar refractivity (Wildman–Crippen MR) is 64.7 cm³/mol. The number of hydrogen-bond donors (Lipinski definition) is 1. The van der Waals surface area contributed by atoms with Gasteiger partial charge in [-0.2, -0.15) is 0 Å². The van der Waals surface area contributed by atoms with Crippen LogP contribution in [0.25, 0.3) is 0 Å². The highest BCUT2D eigenvalue weighted by atomic mass is 19.1. The van der Waals surface area contributed by atoms with Crippen molar-refractivity contribution in [2.75, 3.05) is 0 Å². The van der Waals surface area contributed by atoms with E-state index in [2.05, 4.69) is 5.32 Å². The number of nitrogens with one attached hydrogen (secondary N) is 1. The lowest BCUT2D eigenvalue weighted by atomic mass is 10.1. The number of hydrogen-bond acceptors (Lipinski definition) is 1. The second-order valence-corrected chi connectivity index (χ2v) is 4.70. The van der Waals surface area contributed by atoms with Crippen molar-refractivity contribution in [1.82, 2.24) is 5.32 Å². The first-order chi connectivity index (χ1) is 7.84. The normalized spacial score (nSPS) is 18.3. The van der Waals surface area contributed by atoms with Gasteiger partial charge in [-0.25, -0.2) is 4.39 Å². The highest BCUT2D eigenvalue weighted by Crippen LogP contribution is 2.17. The Kier molecular flexibility index (Phi) is 4.34. The van der Waals surface area contributed by atoms with Crippen LogP contribution in [0, 0.1) is 5.82 Å². The number of rotatable bonds is 3. The summed E-state index contributed by atoms with van der Waals surface area (Å²) in [5, 5.41) is 3.57. The van der Waals surface area contributed by atoms with E-state index in [0.29, 0.717) is 6.04 Å². The van der Waals surface area contributed by atoms with E-state index in [9.17, 15) is 4.39 Å². The number of halogens is 1. The summed E-state index contributed by atoms with van der Waals surface area (Å²) >= 11 is 0. The quantitative estimate of drug-likeness (QED) is 0.768. The molecule has 0 radical (unpaired) electrons. The van der Waals surface area contributed by atoms with Crippen LogP contribution in [0.15, 0.2) is 24.3 Å². The smallest absolute Gasteiger partial charge is 0.123 e. The van der Waals surface area contributed by atoms with Crippen LogP contribution < -0.4 is 5.32 Å². The molecule has 1 saturated carbocycles. The van der Waals surface area contributed by atoms with Crippen molar-refractivity contribution in [3.8, 4) is 0 Å². The van der Waals surface area contributed by atoms with Crippen LogP contribution in [-0.2, 0) is 6.54 Å². The molecule has 1 aromatic carbocycles. The van der Waals surface area contributed by atoms with Crippen molar-refractivity contribution < 1.29 is 4.39 Å². The van der Waals surface area contributed by atoms with Crippen LogP contribution >= 0.6 is 0 Å². The largest absolute Gasteiger partial charge is 0.310 e. The summed E-state index contributed by atoms with van der Waals surface area (Å²) in [6.07, 6.45) is 8.05. The van der Waals surface area contributed by atoms with E-state index in [1.54, 1.807) is 0 Å². The van der Waals surface area contributed by atoms with E-state index in [1.807, 2.05) is 12.1 Å². The molecule has 0 unspecified atom stereocenters. The summed E-state index contributed by atoms with van der Waals surface area (Å²) in [5.74, 6) is -0.154. The first-order valence-electron chi connectivity index (χ1n) is 6.32. The molecule has 0 spiro atoms. The second kappa shape index (κ2) is 6.00. The van der Waals surface area contributed by atoms with Crippen molar-refractivity contribution in [2.45, 2.75) is 51.1 Å². The van der Waals surface area contributed by atoms with E-state index in [1.165, 1.54) is 56.2 Å². The molecule has 1 N–H and O–H groups in total. The van der Waals surface area contributed by atoms with Gasteiger partial charge in [0.15, 0.2) is 0 Å². The molecule has 0 amide bonds. The Labute approximate surface area is 97.1 Å². The minimum atomic E-state index is -0.154. The SMILES string of the molecule is Fc1ccc(CNC2CCCCCC2)cc1. The van der Waals surface area contributed by atoms with Crippen LogP contribution in [-0.4, -0.2) is 6.04 Å². The molecule has 0 bridgehead atoms. The third-order valence-corrected chi connectivity index (χ3v) is 3.36. The Hall–Kier alpha value is -0.890. The molecule has 0 saturated heterocycles. The van der Waals surface area contributed by atoms with Crippen LogP contribution in [0.1, 0.15) is 44.1 Å². The molecule has 2 rings (SSSR count). The summed E-state index contributed by atoms with van der Waals surface area (Å²) in [6, 6.07) is 7.44. The van der Waals surface area contributed by atoms with E-state index < -0.39 is 0 Å². The summed E-state index contributed by atoms with van der Waals surface area (Å²) in [5.41, 5.74) is 1.17. The zero-order valence-electron chi connectivity index (χ0n) is 9.71. The molecule has 1 fully saturated rings. The summed E-state index contributed by atoms with van der Waals surface area (Å²) in [6.45, 7) is 0.866. The Balaban J connectivity index is 1.79. The van der Waals surface area contributed by atoms with Crippen LogP contribution in [0.5, 0.6) is 0 Å². The van der Waals surface area contributed by atoms with Gasteiger partial charge in [0.1, 0.15) is 5.82 Å². The maximum Gasteiger partial charge on any atom is 0.123 e. The standard InChI is InChI=1S/C14H20FN/c15-13-9-7-12(8-10-13)11-16-14-5-3-1-2-4-6-14/h7-10,14,16H,1-6,11H2. The Morgan fingerprint density at radius 2 is 1.62 bits per heavy atom. The first-order valence-corrected chi connectivity index (χ1v) is 6.32. The minimum Gasteiger partial charge on any atom is -0.310 e. The van der Waals surface area contributed by atoms with Crippen molar-refractivity contribution in [1.29, 1.82) is 0 Å². The minimum absolute atomic E-state index is 0.154. The molecule has 0 atom stereocenters. The van der Waals surface area contributed by atoms with Gasteiger partial charge in [0.05, 0.1) is 0 Å². The van der Waals surface area contributed by atoms with Crippen LogP contribution in [0.2, 0.25) is 0 Å². The summed E-state index contributed by atoms with van der Waals surface area (Å²) in [7, 11) is 0. The topological polar surface area (TPSA) is 12.0 Å². The lowest BCUT2D eigenvalue weighted by Gasteiger charge is -2.16. The average molecular weight is 221 g/mol. The molecule has 2 heteroatoms. The van der Waals surface area contributed by atoms with Gasteiger partial charge in [-0.1, -0.05) is 37.8 Å². The Morgan fingerprint density at radius 1 is 1.00 bits per heavy atom. The third-order valence-electron chi connectivity index (χ3n) is 3.36. The molecule has 1 aliphatic carbocycles. The van der Waals surface area contributed by atoms with Gasteiger partial charge in [0.25, 0.3) is 0 Å². The molecule has 88 valence electrons. The molecule has 0 aromatic heterocycles. The van der Waals surface area contributed by atoms with E-state index in [0.717, 1.165) is 6.54 Å². The summed E-state index contributed by atoms with van der Waals surface area (Å²) < 4.78 is 12.7. The zero-order chi connectivity index (χ0) is 11.2. The van der Waals surface area contributed by atoms with Gasteiger partial charge in [-0.05, 0) is 30.5 Å². The lowest BCUT2D eigenvalue weighted by molar-refractivity contribution is 0.459. The molecule has 1 nitrogen and oxygen atoms in total. The van der Waals surface area contributed by atoms with E-state index >= 15 is 0 Å². The molecule has 16 heavy (non-hydrogen) atoms. The number of benzene rings is 1. The fourth-order valence-electron chi connectivity index (χ4n) is 2.35. The second-order valence-electron chi connectivity index (χ2n) is 4.70. The molecular formula is C14H20FN. The first kappa shape index (κ1) is 11.6. The van der Waals surface area contributed by atoms with Crippen LogP contribution in [0.3, 0.4) is 0 Å². The highest BCUT2D eigenvalue weighted by molar-refractivity contribution is 5.15. The van der Waals surface area contributed by atoms with Gasteiger partial charge < -0.3 is 5.32 Å². The fraction of sp³-hybridized carbons (Fsp3) is 0.571. The maximum atomic E-state index is 12.7. The molecule has 1 aliphatic rings. The van der Waals surface area contributed by atoms with Crippen molar-refractivity contribution >= 4 is 0 Å². The van der Waals surface area contributed by atoms with Crippen molar-refractivity contribution in [3.05, 3.63) is 35.6 Å². The zero-order valence-corrected chi connectivity index (χ0v) is 9.71. The highest BCUT2D eigenvalue weighted by Gasteiger charge is 2.10. The third kappa shape index (κ3) is 3.60. The fourth-order valence-corrected chi connectivity index (χ4v) is 2.35. The average Bonchev–Trinajstić information content (AvgIpc) is 2.57. The molecule has 1 aromatic rings. The predicted octanol–water partition coefficient (Wildman–Crippen LogP) is 3.64.